The Balaban J connectivity index is 1.57. The third kappa shape index (κ3) is 3.40. The van der Waals surface area contributed by atoms with Crippen molar-refractivity contribution >= 4 is 22.5 Å². The normalized spacial score (nSPS) is 17.0. The summed E-state index contributed by atoms with van der Waals surface area (Å²) in [4.78, 5) is 27.6. The molecule has 5 nitrogen and oxygen atoms in total. The number of amides is 1. The summed E-state index contributed by atoms with van der Waals surface area (Å²) >= 11 is 0. The predicted octanol–water partition coefficient (Wildman–Crippen LogP) is 3.21. The molecule has 0 radical (unpaired) electrons. The highest BCUT2D eigenvalue weighted by Crippen LogP contribution is 2.26. The van der Waals surface area contributed by atoms with E-state index in [1.54, 1.807) is 17.0 Å². The first-order valence-corrected chi connectivity index (χ1v) is 9.13. The van der Waals surface area contributed by atoms with Crippen LogP contribution in [0.2, 0.25) is 0 Å². The molecule has 1 atom stereocenters. The summed E-state index contributed by atoms with van der Waals surface area (Å²) in [5.41, 5.74) is 1.07. The number of pyridine rings is 1. The topological polar surface area (TPSA) is 64.3 Å². The molecule has 1 saturated heterocycles. The van der Waals surface area contributed by atoms with E-state index in [1.807, 2.05) is 42.5 Å². The standard InChI is InChI=1S/C22H20N2O3/c25-21(20-11-3-7-16-6-1-2-10-19(16)20)17-8-4-12-23(14-17)22(26)18-9-5-13-24(27)15-18/h1-3,5-7,9-11,13,15,17H,4,8,12,14H2/t17-/m1/s1. The van der Waals surface area contributed by atoms with Gasteiger partial charge in [-0.25, -0.2) is 0 Å². The summed E-state index contributed by atoms with van der Waals surface area (Å²) < 4.78 is 0.621. The van der Waals surface area contributed by atoms with Crippen LogP contribution in [0.1, 0.15) is 33.6 Å². The van der Waals surface area contributed by atoms with Gasteiger partial charge in [-0.1, -0.05) is 42.5 Å². The molecule has 2 heterocycles. The summed E-state index contributed by atoms with van der Waals surface area (Å²) in [5.74, 6) is -0.344. The van der Waals surface area contributed by atoms with Crippen LogP contribution in [-0.4, -0.2) is 29.7 Å². The van der Waals surface area contributed by atoms with Crippen molar-refractivity contribution in [2.75, 3.05) is 13.1 Å². The van der Waals surface area contributed by atoms with E-state index in [0.717, 1.165) is 23.6 Å². The van der Waals surface area contributed by atoms with Crippen molar-refractivity contribution in [2.24, 2.45) is 5.92 Å². The minimum Gasteiger partial charge on any atom is -0.619 e. The van der Waals surface area contributed by atoms with Gasteiger partial charge in [-0.2, -0.15) is 4.73 Å². The number of rotatable bonds is 3. The minimum atomic E-state index is -0.225. The van der Waals surface area contributed by atoms with E-state index in [0.29, 0.717) is 28.9 Å². The highest BCUT2D eigenvalue weighted by Gasteiger charge is 2.30. The predicted molar refractivity (Wildman–Crippen MR) is 102 cm³/mol. The van der Waals surface area contributed by atoms with Crippen LogP contribution < -0.4 is 4.73 Å². The lowest BCUT2D eigenvalue weighted by molar-refractivity contribution is -0.605. The Morgan fingerprint density at radius 2 is 1.85 bits per heavy atom. The smallest absolute Gasteiger partial charge is 0.259 e. The SMILES string of the molecule is O=C(c1cccc2ccccc12)[C@@H]1CCCN(C(=O)c2ccc[n+]([O-])c2)C1. The number of hydrogen-bond donors (Lipinski definition) is 0. The van der Waals surface area contributed by atoms with Crippen LogP contribution in [0.5, 0.6) is 0 Å². The zero-order chi connectivity index (χ0) is 18.8. The van der Waals surface area contributed by atoms with Crippen LogP contribution in [0.15, 0.2) is 67.0 Å². The summed E-state index contributed by atoms with van der Waals surface area (Å²) in [6, 6.07) is 16.8. The molecular weight excluding hydrogens is 340 g/mol. The van der Waals surface area contributed by atoms with Gasteiger partial charge in [0.05, 0.1) is 0 Å². The van der Waals surface area contributed by atoms with E-state index < -0.39 is 0 Å². The number of carbonyl (C=O) groups is 2. The second-order valence-corrected chi connectivity index (χ2v) is 6.93. The molecule has 0 N–H and O–H groups in total. The second-order valence-electron chi connectivity index (χ2n) is 6.93. The number of carbonyl (C=O) groups excluding carboxylic acids is 2. The van der Waals surface area contributed by atoms with Gasteiger partial charge in [-0.3, -0.25) is 9.59 Å². The molecule has 0 bridgehead atoms. The van der Waals surface area contributed by atoms with Gasteiger partial charge in [0.25, 0.3) is 5.91 Å². The molecule has 1 amide bonds. The van der Waals surface area contributed by atoms with Gasteiger partial charge in [-0.05, 0) is 29.7 Å². The van der Waals surface area contributed by atoms with E-state index in [-0.39, 0.29) is 17.6 Å². The van der Waals surface area contributed by atoms with E-state index >= 15 is 0 Å². The Hall–Kier alpha value is -3.21. The molecule has 4 rings (SSSR count). The molecule has 1 aliphatic heterocycles. The lowest BCUT2D eigenvalue weighted by Gasteiger charge is -2.32. The Bertz CT molecular complexity index is 1010. The van der Waals surface area contributed by atoms with Gasteiger partial charge in [0, 0.05) is 30.6 Å². The summed E-state index contributed by atoms with van der Waals surface area (Å²) in [7, 11) is 0. The van der Waals surface area contributed by atoms with Crippen molar-refractivity contribution in [1.29, 1.82) is 0 Å². The van der Waals surface area contributed by atoms with Gasteiger partial charge >= 0.3 is 0 Å². The number of hydrogen-bond acceptors (Lipinski definition) is 3. The number of ketones is 1. The van der Waals surface area contributed by atoms with E-state index in [2.05, 4.69) is 0 Å². The fourth-order valence-corrected chi connectivity index (χ4v) is 3.80. The number of likely N-dealkylation sites (tertiary alicyclic amines) is 1. The van der Waals surface area contributed by atoms with Crippen molar-refractivity contribution in [3.05, 3.63) is 83.3 Å². The maximum absolute atomic E-state index is 13.2. The van der Waals surface area contributed by atoms with Crippen LogP contribution in [0.3, 0.4) is 0 Å². The van der Waals surface area contributed by atoms with Crippen molar-refractivity contribution in [3.8, 4) is 0 Å². The molecule has 0 unspecified atom stereocenters. The van der Waals surface area contributed by atoms with Crippen LogP contribution in [0.4, 0.5) is 0 Å². The first kappa shape index (κ1) is 17.2. The minimum absolute atomic E-state index is 0.0799. The van der Waals surface area contributed by atoms with Crippen LogP contribution >= 0.6 is 0 Å². The molecule has 27 heavy (non-hydrogen) atoms. The molecule has 0 spiro atoms. The maximum atomic E-state index is 13.2. The van der Waals surface area contributed by atoms with E-state index in [4.69, 9.17) is 0 Å². The Morgan fingerprint density at radius 1 is 1.04 bits per heavy atom. The first-order valence-electron chi connectivity index (χ1n) is 9.13. The number of Topliss-reactive ketones (excluding diaryl/α,β-unsaturated/α-hetero) is 1. The number of piperidine rings is 1. The van der Waals surface area contributed by atoms with Gasteiger partial charge in [-0.15, -0.1) is 0 Å². The van der Waals surface area contributed by atoms with Crippen molar-refractivity contribution in [3.63, 3.8) is 0 Å². The van der Waals surface area contributed by atoms with E-state index in [9.17, 15) is 14.8 Å². The van der Waals surface area contributed by atoms with Crippen molar-refractivity contribution < 1.29 is 14.3 Å². The monoisotopic (exact) mass is 360 g/mol. The van der Waals surface area contributed by atoms with E-state index in [1.165, 1.54) is 12.4 Å². The lowest BCUT2D eigenvalue weighted by atomic mass is 9.87. The number of nitrogens with zero attached hydrogens (tertiary/aromatic N) is 2. The maximum Gasteiger partial charge on any atom is 0.259 e. The quantitative estimate of drug-likeness (QED) is 0.409. The molecule has 0 aliphatic carbocycles. The summed E-state index contributed by atoms with van der Waals surface area (Å²) in [5, 5.41) is 13.4. The Morgan fingerprint density at radius 3 is 2.70 bits per heavy atom. The highest BCUT2D eigenvalue weighted by atomic mass is 16.5. The van der Waals surface area contributed by atoms with Gasteiger partial charge < -0.3 is 10.1 Å². The molecular formula is C22H20N2O3. The Labute approximate surface area is 157 Å². The summed E-state index contributed by atoms with van der Waals surface area (Å²) in [6.07, 6.45) is 4.16. The molecule has 136 valence electrons. The molecule has 3 aromatic rings. The third-order valence-electron chi connectivity index (χ3n) is 5.16. The van der Waals surface area contributed by atoms with Gasteiger partial charge in [0.2, 0.25) is 0 Å². The average Bonchev–Trinajstić information content (AvgIpc) is 2.72. The third-order valence-corrected chi connectivity index (χ3v) is 5.16. The molecule has 1 fully saturated rings. The summed E-state index contributed by atoms with van der Waals surface area (Å²) in [6.45, 7) is 0.987. The largest absolute Gasteiger partial charge is 0.619 e. The van der Waals surface area contributed by atoms with Gasteiger partial charge in [0.1, 0.15) is 5.56 Å². The average molecular weight is 360 g/mol. The molecule has 1 aromatic heterocycles. The lowest BCUT2D eigenvalue weighted by Crippen LogP contribution is -2.43. The van der Waals surface area contributed by atoms with Crippen molar-refractivity contribution in [1.82, 2.24) is 4.90 Å². The van der Waals surface area contributed by atoms with Gasteiger partial charge in [0.15, 0.2) is 18.2 Å². The Kier molecular flexibility index (Phi) is 4.59. The fourth-order valence-electron chi connectivity index (χ4n) is 3.80. The fraction of sp³-hybridized carbons (Fsp3) is 0.227. The van der Waals surface area contributed by atoms with Crippen LogP contribution in [0.25, 0.3) is 10.8 Å². The molecule has 1 aliphatic rings. The molecule has 2 aromatic carbocycles. The zero-order valence-corrected chi connectivity index (χ0v) is 14.9. The first-order chi connectivity index (χ1) is 13.1. The number of fused-ring (bicyclic) bond motifs is 1. The highest BCUT2D eigenvalue weighted by molar-refractivity contribution is 6.09. The van der Waals surface area contributed by atoms with Crippen LogP contribution in [-0.2, 0) is 0 Å². The number of benzene rings is 2. The molecule has 0 saturated carbocycles. The molecule has 5 heteroatoms. The number of aromatic nitrogens is 1. The van der Waals surface area contributed by atoms with Crippen molar-refractivity contribution in [2.45, 2.75) is 12.8 Å². The zero-order valence-electron chi connectivity index (χ0n) is 14.9. The second kappa shape index (κ2) is 7.19. The van der Waals surface area contributed by atoms with Crippen LogP contribution in [0, 0.1) is 11.1 Å².